The Kier molecular flexibility index (Phi) is 6.37. The van der Waals surface area contributed by atoms with Gasteiger partial charge in [-0.1, -0.05) is 24.3 Å². The number of imidazole rings is 1. The Morgan fingerprint density at radius 1 is 1.06 bits per heavy atom. The van der Waals surface area contributed by atoms with Crippen LogP contribution in [0.15, 0.2) is 48.5 Å². The van der Waals surface area contributed by atoms with Crippen molar-refractivity contribution in [3.05, 3.63) is 59.9 Å². The van der Waals surface area contributed by atoms with Crippen molar-refractivity contribution in [1.82, 2.24) is 14.5 Å². The number of piperidine rings is 1. The van der Waals surface area contributed by atoms with Gasteiger partial charge in [-0.25, -0.2) is 9.78 Å². The van der Waals surface area contributed by atoms with E-state index < -0.39 is 18.0 Å². The SMILES string of the molecule is O=C(CN1CCC(Cn2c(C(F)(F)F)nc3ccccc32)CC1)Nc1ccccc1C(=O)O. The minimum atomic E-state index is -4.54. The molecule has 0 atom stereocenters. The first kappa shape index (κ1) is 22.8. The number of rotatable bonds is 6. The van der Waals surface area contributed by atoms with Crippen LogP contribution in [-0.2, 0) is 17.5 Å². The molecule has 0 bridgehead atoms. The number of likely N-dealkylation sites (tertiary alicyclic amines) is 1. The number of hydrogen-bond donors (Lipinski definition) is 2. The molecular weight excluding hydrogens is 437 g/mol. The smallest absolute Gasteiger partial charge is 0.449 e. The van der Waals surface area contributed by atoms with Crippen LogP contribution in [0.4, 0.5) is 18.9 Å². The topological polar surface area (TPSA) is 87.5 Å². The van der Waals surface area contributed by atoms with E-state index in [1.54, 1.807) is 36.4 Å². The Hall–Kier alpha value is -3.40. The number of hydrogen-bond acceptors (Lipinski definition) is 4. The lowest BCUT2D eigenvalue weighted by molar-refractivity contribution is -0.147. The fourth-order valence-corrected chi connectivity index (χ4v) is 4.23. The molecule has 3 aromatic rings. The molecule has 0 unspecified atom stereocenters. The summed E-state index contributed by atoms with van der Waals surface area (Å²) in [5, 5.41) is 11.9. The summed E-state index contributed by atoms with van der Waals surface area (Å²) in [5.41, 5.74) is 1.03. The van der Waals surface area contributed by atoms with Gasteiger partial charge < -0.3 is 15.0 Å². The number of aromatic nitrogens is 2. The first-order chi connectivity index (χ1) is 15.7. The molecule has 1 saturated heterocycles. The van der Waals surface area contributed by atoms with E-state index >= 15 is 0 Å². The highest BCUT2D eigenvalue weighted by atomic mass is 19.4. The molecule has 1 amide bonds. The monoisotopic (exact) mass is 460 g/mol. The van der Waals surface area contributed by atoms with Crippen molar-refractivity contribution in [3.8, 4) is 0 Å². The summed E-state index contributed by atoms with van der Waals surface area (Å²) < 4.78 is 41.8. The van der Waals surface area contributed by atoms with Gasteiger partial charge in [-0.3, -0.25) is 9.69 Å². The number of fused-ring (bicyclic) bond motifs is 1. The molecule has 2 aromatic carbocycles. The number of anilines is 1. The average molecular weight is 460 g/mol. The van der Waals surface area contributed by atoms with Crippen LogP contribution in [0.3, 0.4) is 0 Å². The minimum Gasteiger partial charge on any atom is -0.478 e. The molecule has 2 N–H and O–H groups in total. The van der Waals surface area contributed by atoms with Crippen molar-refractivity contribution in [2.24, 2.45) is 5.92 Å². The molecule has 4 rings (SSSR count). The fraction of sp³-hybridized carbons (Fsp3) is 0.348. The maximum atomic E-state index is 13.5. The summed E-state index contributed by atoms with van der Waals surface area (Å²) in [6, 6.07) is 12.7. The van der Waals surface area contributed by atoms with Crippen molar-refractivity contribution >= 4 is 28.6 Å². The van der Waals surface area contributed by atoms with E-state index in [1.165, 1.54) is 16.7 Å². The molecule has 0 spiro atoms. The number of halogens is 3. The second-order valence-corrected chi connectivity index (χ2v) is 8.15. The third-order valence-electron chi connectivity index (χ3n) is 5.85. The van der Waals surface area contributed by atoms with E-state index in [0.29, 0.717) is 37.0 Å². The number of aromatic carboxylic acids is 1. The largest absolute Gasteiger partial charge is 0.478 e. The Balaban J connectivity index is 1.37. The number of benzene rings is 2. The Morgan fingerprint density at radius 2 is 1.73 bits per heavy atom. The minimum absolute atomic E-state index is 0.0117. The van der Waals surface area contributed by atoms with E-state index in [4.69, 9.17) is 0 Å². The van der Waals surface area contributed by atoms with Crippen LogP contribution >= 0.6 is 0 Å². The number of alkyl halides is 3. The lowest BCUT2D eigenvalue weighted by atomic mass is 9.96. The highest BCUT2D eigenvalue weighted by molar-refractivity contribution is 6.01. The van der Waals surface area contributed by atoms with Gasteiger partial charge in [0.05, 0.1) is 28.8 Å². The average Bonchev–Trinajstić information content (AvgIpc) is 3.14. The number of para-hydroxylation sites is 3. The van der Waals surface area contributed by atoms with Crippen molar-refractivity contribution in [2.45, 2.75) is 25.6 Å². The maximum Gasteiger partial charge on any atom is 0.449 e. The van der Waals surface area contributed by atoms with Gasteiger partial charge in [0.1, 0.15) is 0 Å². The summed E-state index contributed by atoms with van der Waals surface area (Å²) in [6.07, 6.45) is -3.25. The molecule has 0 aliphatic carbocycles. The quantitative estimate of drug-likeness (QED) is 0.578. The number of carbonyl (C=O) groups is 2. The van der Waals surface area contributed by atoms with Gasteiger partial charge in [-0.15, -0.1) is 0 Å². The van der Waals surface area contributed by atoms with E-state index in [0.717, 1.165) is 0 Å². The highest BCUT2D eigenvalue weighted by Crippen LogP contribution is 2.33. The van der Waals surface area contributed by atoms with Gasteiger partial charge in [-0.2, -0.15) is 13.2 Å². The van der Waals surface area contributed by atoms with Gasteiger partial charge >= 0.3 is 12.1 Å². The summed E-state index contributed by atoms with van der Waals surface area (Å²) in [4.78, 5) is 29.4. The Labute approximate surface area is 187 Å². The summed E-state index contributed by atoms with van der Waals surface area (Å²) in [5.74, 6) is -2.32. The second kappa shape index (κ2) is 9.22. The molecule has 2 heterocycles. The van der Waals surface area contributed by atoms with Crippen LogP contribution in [0.1, 0.15) is 29.0 Å². The molecular formula is C23H23F3N4O3. The molecule has 1 aromatic heterocycles. The summed E-state index contributed by atoms with van der Waals surface area (Å²) >= 11 is 0. The number of nitrogens with one attached hydrogen (secondary N) is 1. The molecule has 174 valence electrons. The molecule has 7 nitrogen and oxygen atoms in total. The maximum absolute atomic E-state index is 13.5. The predicted octanol–water partition coefficient (Wildman–Crippen LogP) is 4.10. The van der Waals surface area contributed by atoms with Gasteiger partial charge in [-0.05, 0) is 56.1 Å². The van der Waals surface area contributed by atoms with Crippen LogP contribution in [0, 0.1) is 5.92 Å². The fourth-order valence-electron chi connectivity index (χ4n) is 4.23. The number of carboxylic acids is 1. The molecule has 0 saturated carbocycles. The van der Waals surface area contributed by atoms with Crippen LogP contribution in [0.25, 0.3) is 11.0 Å². The van der Waals surface area contributed by atoms with E-state index in [1.807, 2.05) is 4.90 Å². The molecule has 10 heteroatoms. The molecule has 0 radical (unpaired) electrons. The van der Waals surface area contributed by atoms with Gasteiger partial charge in [0.25, 0.3) is 0 Å². The van der Waals surface area contributed by atoms with Crippen LogP contribution in [-0.4, -0.2) is 51.1 Å². The van der Waals surface area contributed by atoms with E-state index in [9.17, 15) is 27.9 Å². The second-order valence-electron chi connectivity index (χ2n) is 8.15. The first-order valence-electron chi connectivity index (χ1n) is 10.6. The Morgan fingerprint density at radius 3 is 2.42 bits per heavy atom. The van der Waals surface area contributed by atoms with E-state index in [-0.39, 0.29) is 36.2 Å². The number of nitrogens with zero attached hydrogens (tertiary/aromatic N) is 3. The molecule has 1 aliphatic rings. The standard InChI is InChI=1S/C23H23F3N4O3/c24-23(25,26)22-28-18-7-3-4-8-19(18)30(22)13-15-9-11-29(12-10-15)14-20(31)27-17-6-2-1-5-16(17)21(32)33/h1-8,15H,9-14H2,(H,27,31)(H,32,33). The number of carbonyl (C=O) groups excluding carboxylic acids is 1. The van der Waals surface area contributed by atoms with Gasteiger partial charge in [0.2, 0.25) is 11.7 Å². The summed E-state index contributed by atoms with van der Waals surface area (Å²) in [7, 11) is 0. The lowest BCUT2D eigenvalue weighted by Crippen LogP contribution is -2.40. The van der Waals surface area contributed by atoms with E-state index in [2.05, 4.69) is 10.3 Å². The third-order valence-corrected chi connectivity index (χ3v) is 5.85. The number of carboxylic acid groups (broad SMARTS) is 1. The predicted molar refractivity (Wildman–Crippen MR) is 116 cm³/mol. The highest BCUT2D eigenvalue weighted by Gasteiger charge is 2.38. The summed E-state index contributed by atoms with van der Waals surface area (Å²) in [6.45, 7) is 1.42. The van der Waals surface area contributed by atoms with Gasteiger partial charge in [0, 0.05) is 6.54 Å². The number of amides is 1. The van der Waals surface area contributed by atoms with Gasteiger partial charge in [0.15, 0.2) is 0 Å². The molecule has 33 heavy (non-hydrogen) atoms. The van der Waals surface area contributed by atoms with Crippen LogP contribution in [0.5, 0.6) is 0 Å². The normalized spacial score (nSPS) is 15.6. The zero-order chi connectivity index (χ0) is 23.6. The van der Waals surface area contributed by atoms with Crippen LogP contribution in [0.2, 0.25) is 0 Å². The van der Waals surface area contributed by atoms with Crippen molar-refractivity contribution in [2.75, 3.05) is 25.0 Å². The lowest BCUT2D eigenvalue weighted by Gasteiger charge is -2.32. The van der Waals surface area contributed by atoms with Crippen LogP contribution < -0.4 is 5.32 Å². The first-order valence-corrected chi connectivity index (χ1v) is 10.6. The Bertz CT molecular complexity index is 1170. The zero-order valence-corrected chi connectivity index (χ0v) is 17.7. The zero-order valence-electron chi connectivity index (χ0n) is 17.7. The third kappa shape index (κ3) is 5.16. The van der Waals surface area contributed by atoms with Crippen molar-refractivity contribution < 1.29 is 27.9 Å². The molecule has 1 fully saturated rings. The van der Waals surface area contributed by atoms with Crippen molar-refractivity contribution in [3.63, 3.8) is 0 Å². The molecule has 1 aliphatic heterocycles. The van der Waals surface area contributed by atoms with Crippen molar-refractivity contribution in [1.29, 1.82) is 0 Å².